The van der Waals surface area contributed by atoms with Gasteiger partial charge in [0.05, 0.1) is 21.7 Å². The first-order valence-electron chi connectivity index (χ1n) is 11.3. The Morgan fingerprint density at radius 3 is 2.26 bits per heavy atom. The molecule has 0 spiro atoms. The van der Waals surface area contributed by atoms with E-state index in [1.807, 2.05) is 57.4 Å². The molecule has 1 aromatic heterocycles. The predicted octanol–water partition coefficient (Wildman–Crippen LogP) is 4.69. The summed E-state index contributed by atoms with van der Waals surface area (Å²) in [5.41, 5.74) is 2.34. The number of aryl methyl sites for hydroxylation is 1. The number of hydrogen-bond donors (Lipinski definition) is 0. The van der Waals surface area contributed by atoms with Crippen LogP contribution in [0.5, 0.6) is 0 Å². The number of carbonyl (C=O) groups is 1. The quantitative estimate of drug-likeness (QED) is 0.424. The highest BCUT2D eigenvalue weighted by Crippen LogP contribution is 2.22. The standard InChI is InChI=1S/C26H31N3O3S2/c1-7-15-29-24-20(6)9-8-10-23(24)33-26(29)27-25(30)21-11-13-22(14-12-21)34(31,32)28(16-18(2)3)17-19(4)5/h1,8-14,18-19H,15-17H2,2-6H3. The Labute approximate surface area is 206 Å². The number of para-hydroxylation sites is 1. The third-order valence-corrected chi connectivity index (χ3v) is 8.12. The Morgan fingerprint density at radius 1 is 1.09 bits per heavy atom. The summed E-state index contributed by atoms with van der Waals surface area (Å²) in [6.07, 6.45) is 5.56. The average molecular weight is 498 g/mol. The van der Waals surface area contributed by atoms with E-state index in [2.05, 4.69) is 10.9 Å². The van der Waals surface area contributed by atoms with Crippen molar-refractivity contribution in [2.45, 2.75) is 46.1 Å². The lowest BCUT2D eigenvalue weighted by Gasteiger charge is -2.25. The molecule has 0 radical (unpaired) electrons. The molecule has 1 amide bonds. The van der Waals surface area contributed by atoms with Crippen molar-refractivity contribution in [3.8, 4) is 12.3 Å². The minimum Gasteiger partial charge on any atom is -0.304 e. The van der Waals surface area contributed by atoms with Crippen LogP contribution in [0, 0.1) is 31.1 Å². The maximum atomic E-state index is 13.2. The molecule has 0 bridgehead atoms. The van der Waals surface area contributed by atoms with Gasteiger partial charge in [-0.2, -0.15) is 9.30 Å². The van der Waals surface area contributed by atoms with Crippen molar-refractivity contribution in [3.63, 3.8) is 0 Å². The molecule has 0 aliphatic rings. The maximum absolute atomic E-state index is 13.2. The molecule has 0 aliphatic carbocycles. The molecule has 34 heavy (non-hydrogen) atoms. The Morgan fingerprint density at radius 2 is 1.71 bits per heavy atom. The average Bonchev–Trinajstić information content (AvgIpc) is 3.11. The lowest BCUT2D eigenvalue weighted by molar-refractivity contribution is 0.0998. The highest BCUT2D eigenvalue weighted by atomic mass is 32.2. The molecule has 1 heterocycles. The molecule has 0 aliphatic heterocycles. The molecule has 6 nitrogen and oxygen atoms in total. The predicted molar refractivity (Wildman–Crippen MR) is 138 cm³/mol. The first kappa shape index (κ1) is 25.9. The maximum Gasteiger partial charge on any atom is 0.279 e. The van der Waals surface area contributed by atoms with Gasteiger partial charge in [0.2, 0.25) is 10.0 Å². The zero-order chi connectivity index (χ0) is 25.0. The van der Waals surface area contributed by atoms with Crippen LogP contribution in [0.3, 0.4) is 0 Å². The minimum absolute atomic E-state index is 0.172. The van der Waals surface area contributed by atoms with Gasteiger partial charge in [-0.15, -0.1) is 6.42 Å². The third-order valence-electron chi connectivity index (χ3n) is 5.23. The van der Waals surface area contributed by atoms with Gasteiger partial charge in [-0.05, 0) is 54.7 Å². The van der Waals surface area contributed by atoms with E-state index < -0.39 is 15.9 Å². The fraction of sp³-hybridized carbons (Fsp3) is 0.385. The van der Waals surface area contributed by atoms with Gasteiger partial charge >= 0.3 is 0 Å². The number of benzene rings is 2. The molecular weight excluding hydrogens is 466 g/mol. The number of thiazole rings is 1. The third kappa shape index (κ3) is 5.66. The Hall–Kier alpha value is -2.73. The lowest BCUT2D eigenvalue weighted by atomic mass is 10.2. The minimum atomic E-state index is -3.66. The number of carbonyl (C=O) groups excluding carboxylic acids is 1. The van der Waals surface area contributed by atoms with Gasteiger partial charge in [0.1, 0.15) is 0 Å². The van der Waals surface area contributed by atoms with Crippen molar-refractivity contribution in [2.75, 3.05) is 13.1 Å². The topological polar surface area (TPSA) is 71.7 Å². The zero-order valence-corrected chi connectivity index (χ0v) is 21.9. The van der Waals surface area contributed by atoms with Gasteiger partial charge in [-0.3, -0.25) is 4.79 Å². The summed E-state index contributed by atoms with van der Waals surface area (Å²) in [6, 6.07) is 11.9. The van der Waals surface area contributed by atoms with Crippen LogP contribution in [0.1, 0.15) is 43.6 Å². The largest absolute Gasteiger partial charge is 0.304 e. The van der Waals surface area contributed by atoms with Crippen LogP contribution in [0.25, 0.3) is 10.2 Å². The SMILES string of the molecule is C#CCn1c(=NC(=O)c2ccc(S(=O)(=O)N(CC(C)C)CC(C)C)cc2)sc2cccc(C)c21. The summed E-state index contributed by atoms with van der Waals surface area (Å²) in [5.74, 6) is 2.59. The van der Waals surface area contributed by atoms with E-state index in [-0.39, 0.29) is 16.7 Å². The number of sulfonamides is 1. The number of hydrogen-bond acceptors (Lipinski definition) is 4. The first-order valence-corrected chi connectivity index (χ1v) is 13.5. The van der Waals surface area contributed by atoms with Crippen molar-refractivity contribution in [2.24, 2.45) is 16.8 Å². The second kappa shape index (κ2) is 10.7. The molecule has 8 heteroatoms. The number of amides is 1. The van der Waals surface area contributed by atoms with E-state index in [0.29, 0.717) is 30.0 Å². The molecule has 3 aromatic rings. The van der Waals surface area contributed by atoms with E-state index in [0.717, 1.165) is 15.8 Å². The van der Waals surface area contributed by atoms with Crippen molar-refractivity contribution >= 4 is 37.5 Å². The fourth-order valence-electron chi connectivity index (χ4n) is 3.79. The van der Waals surface area contributed by atoms with Gasteiger partial charge in [-0.25, -0.2) is 8.42 Å². The normalized spacial score (nSPS) is 12.7. The second-order valence-electron chi connectivity index (χ2n) is 9.15. The number of terminal acetylenes is 1. The summed E-state index contributed by atoms with van der Waals surface area (Å²) < 4.78 is 30.8. The van der Waals surface area contributed by atoms with Crippen molar-refractivity contribution in [3.05, 3.63) is 58.4 Å². The van der Waals surface area contributed by atoms with Crippen LogP contribution in [0.4, 0.5) is 0 Å². The molecule has 180 valence electrons. The van der Waals surface area contributed by atoms with Gasteiger partial charge in [0, 0.05) is 18.7 Å². The summed E-state index contributed by atoms with van der Waals surface area (Å²) >= 11 is 1.40. The number of nitrogens with zero attached hydrogens (tertiary/aromatic N) is 3. The number of aromatic nitrogens is 1. The molecule has 0 saturated heterocycles. The zero-order valence-electron chi connectivity index (χ0n) is 20.3. The summed E-state index contributed by atoms with van der Waals surface area (Å²) in [6.45, 7) is 11.2. The monoisotopic (exact) mass is 497 g/mol. The van der Waals surface area contributed by atoms with Crippen molar-refractivity contribution < 1.29 is 13.2 Å². The number of fused-ring (bicyclic) bond motifs is 1. The van der Waals surface area contributed by atoms with Crippen LogP contribution >= 0.6 is 11.3 Å². The Bertz CT molecular complexity index is 1380. The molecule has 0 atom stereocenters. The van der Waals surface area contributed by atoms with E-state index in [1.165, 1.54) is 39.9 Å². The summed E-state index contributed by atoms with van der Waals surface area (Å²) in [4.78, 5) is 17.9. The van der Waals surface area contributed by atoms with Gasteiger partial charge in [0.25, 0.3) is 5.91 Å². The van der Waals surface area contributed by atoms with Gasteiger partial charge in [-0.1, -0.05) is 57.1 Å². The summed E-state index contributed by atoms with van der Waals surface area (Å²) in [7, 11) is -3.66. The van der Waals surface area contributed by atoms with Crippen LogP contribution in [0.15, 0.2) is 52.4 Å². The molecule has 0 saturated carbocycles. The van der Waals surface area contributed by atoms with Crippen LogP contribution in [-0.2, 0) is 16.6 Å². The van der Waals surface area contributed by atoms with E-state index in [1.54, 1.807) is 0 Å². The first-order chi connectivity index (χ1) is 16.0. The van der Waals surface area contributed by atoms with Crippen LogP contribution < -0.4 is 4.80 Å². The highest BCUT2D eigenvalue weighted by Gasteiger charge is 2.26. The van der Waals surface area contributed by atoms with Crippen LogP contribution in [-0.4, -0.2) is 36.3 Å². The van der Waals surface area contributed by atoms with E-state index in [9.17, 15) is 13.2 Å². The lowest BCUT2D eigenvalue weighted by Crippen LogP contribution is -2.37. The smallest absolute Gasteiger partial charge is 0.279 e. The summed E-state index contributed by atoms with van der Waals surface area (Å²) in [5, 5.41) is 0. The molecule has 0 N–H and O–H groups in total. The van der Waals surface area contributed by atoms with E-state index >= 15 is 0 Å². The van der Waals surface area contributed by atoms with Gasteiger partial charge < -0.3 is 4.57 Å². The Kier molecular flexibility index (Phi) is 8.13. The molecule has 0 fully saturated rings. The fourth-order valence-corrected chi connectivity index (χ4v) is 6.66. The van der Waals surface area contributed by atoms with Crippen molar-refractivity contribution in [1.82, 2.24) is 8.87 Å². The molecule has 2 aromatic carbocycles. The molecule has 3 rings (SSSR count). The molecule has 0 unspecified atom stereocenters. The number of rotatable bonds is 8. The van der Waals surface area contributed by atoms with Crippen LogP contribution in [0.2, 0.25) is 0 Å². The molecular formula is C26H31N3O3S2. The Balaban J connectivity index is 1.96. The van der Waals surface area contributed by atoms with E-state index in [4.69, 9.17) is 6.42 Å². The second-order valence-corrected chi connectivity index (χ2v) is 12.1. The van der Waals surface area contributed by atoms with Crippen molar-refractivity contribution in [1.29, 1.82) is 0 Å². The highest BCUT2D eigenvalue weighted by molar-refractivity contribution is 7.89. The van der Waals surface area contributed by atoms with Gasteiger partial charge in [0.15, 0.2) is 4.80 Å².